The first kappa shape index (κ1) is 25.5. The summed E-state index contributed by atoms with van der Waals surface area (Å²) in [5, 5.41) is 17.2. The van der Waals surface area contributed by atoms with Crippen molar-refractivity contribution in [1.29, 1.82) is 0 Å². The molecule has 8 heteroatoms. The maximum Gasteiger partial charge on any atom is 0.305 e. The summed E-state index contributed by atoms with van der Waals surface area (Å²) in [4.78, 5) is 22.9. The lowest BCUT2D eigenvalue weighted by Crippen LogP contribution is -2.25. The molecule has 0 spiro atoms. The summed E-state index contributed by atoms with van der Waals surface area (Å²) in [6, 6.07) is 23.1. The van der Waals surface area contributed by atoms with Crippen LogP contribution in [0.15, 0.2) is 72.8 Å². The average Bonchev–Trinajstić information content (AvgIpc) is 3.29. The van der Waals surface area contributed by atoms with Crippen LogP contribution in [0.2, 0.25) is 10.0 Å². The molecule has 4 rings (SSSR count). The molecule has 0 aliphatic heterocycles. The molecule has 2 N–H and O–H groups in total. The normalized spacial score (nSPS) is 10.9. The number of hydrogen-bond donors (Lipinski definition) is 2. The number of halogens is 2. The Bertz CT molecular complexity index is 1380. The lowest BCUT2D eigenvalue weighted by molar-refractivity contribution is -0.136. The smallest absolute Gasteiger partial charge is 0.305 e. The second-order valence-corrected chi connectivity index (χ2v) is 9.16. The summed E-state index contributed by atoms with van der Waals surface area (Å²) in [5.41, 5.74) is 6.32. The monoisotopic (exact) mass is 521 g/mol. The predicted molar refractivity (Wildman–Crippen MR) is 143 cm³/mol. The van der Waals surface area contributed by atoms with Crippen molar-refractivity contribution in [1.82, 2.24) is 15.1 Å². The minimum atomic E-state index is -0.953. The highest BCUT2D eigenvalue weighted by atomic mass is 35.5. The van der Waals surface area contributed by atoms with Crippen LogP contribution < -0.4 is 5.32 Å². The zero-order chi connectivity index (χ0) is 25.7. The van der Waals surface area contributed by atoms with Gasteiger partial charge >= 0.3 is 5.97 Å². The lowest BCUT2D eigenvalue weighted by atomic mass is 10.1. The molecule has 1 aromatic heterocycles. The summed E-state index contributed by atoms with van der Waals surface area (Å²) >= 11 is 12.4. The van der Waals surface area contributed by atoms with Gasteiger partial charge in [0.05, 0.1) is 34.4 Å². The fourth-order valence-electron chi connectivity index (χ4n) is 3.80. The van der Waals surface area contributed by atoms with Gasteiger partial charge in [-0.15, -0.1) is 0 Å². The van der Waals surface area contributed by atoms with Crippen LogP contribution in [-0.4, -0.2) is 33.3 Å². The molecule has 4 aromatic rings. The molecule has 0 saturated carbocycles. The summed E-state index contributed by atoms with van der Waals surface area (Å²) in [6.45, 7) is 2.70. The van der Waals surface area contributed by atoms with Gasteiger partial charge < -0.3 is 10.4 Å². The average molecular weight is 522 g/mol. The first-order valence-corrected chi connectivity index (χ1v) is 12.3. The van der Waals surface area contributed by atoms with Gasteiger partial charge in [-0.2, -0.15) is 5.10 Å². The van der Waals surface area contributed by atoms with Gasteiger partial charge in [-0.05, 0) is 53.4 Å². The minimum Gasteiger partial charge on any atom is -0.481 e. The molecular weight excluding hydrogens is 497 g/mol. The van der Waals surface area contributed by atoms with Crippen molar-refractivity contribution in [3.05, 3.63) is 99.5 Å². The highest BCUT2D eigenvalue weighted by molar-refractivity contribution is 6.42. The number of benzene rings is 3. The second kappa shape index (κ2) is 11.4. The second-order valence-electron chi connectivity index (χ2n) is 8.35. The Kier molecular flexibility index (Phi) is 8.08. The molecule has 1 heterocycles. The lowest BCUT2D eigenvalue weighted by Gasteiger charge is -2.09. The molecule has 0 unspecified atom stereocenters. The van der Waals surface area contributed by atoms with Gasteiger partial charge in [0, 0.05) is 17.7 Å². The third-order valence-corrected chi connectivity index (χ3v) is 6.57. The molecule has 0 bridgehead atoms. The number of hydrogen-bond acceptors (Lipinski definition) is 3. The van der Waals surface area contributed by atoms with Crippen LogP contribution in [0.1, 0.15) is 34.8 Å². The van der Waals surface area contributed by atoms with Crippen LogP contribution in [-0.2, 0) is 17.8 Å². The first-order chi connectivity index (χ1) is 17.3. The molecule has 36 heavy (non-hydrogen) atoms. The van der Waals surface area contributed by atoms with E-state index < -0.39 is 5.97 Å². The van der Waals surface area contributed by atoms with E-state index in [-0.39, 0.29) is 18.9 Å². The largest absolute Gasteiger partial charge is 0.481 e. The van der Waals surface area contributed by atoms with Gasteiger partial charge in [0.25, 0.3) is 5.91 Å². The number of carbonyl (C=O) groups is 2. The van der Waals surface area contributed by atoms with Gasteiger partial charge in [-0.3, -0.25) is 14.3 Å². The Hall–Kier alpha value is -3.61. The van der Waals surface area contributed by atoms with Gasteiger partial charge in [0.2, 0.25) is 0 Å². The molecule has 0 fully saturated rings. The molecule has 1 amide bonds. The van der Waals surface area contributed by atoms with Crippen molar-refractivity contribution < 1.29 is 14.7 Å². The maximum absolute atomic E-state index is 12.3. The van der Waals surface area contributed by atoms with Gasteiger partial charge in [0.15, 0.2) is 0 Å². The number of carboxylic acids is 1. The number of nitrogens with zero attached hydrogens (tertiary/aromatic N) is 2. The van der Waals surface area contributed by atoms with Crippen molar-refractivity contribution in [2.24, 2.45) is 0 Å². The Morgan fingerprint density at radius 1 is 0.889 bits per heavy atom. The summed E-state index contributed by atoms with van der Waals surface area (Å²) < 4.78 is 1.93. The van der Waals surface area contributed by atoms with E-state index in [1.807, 2.05) is 28.9 Å². The third-order valence-electron chi connectivity index (χ3n) is 5.83. The van der Waals surface area contributed by atoms with Crippen molar-refractivity contribution in [2.75, 3.05) is 6.54 Å². The molecule has 3 aromatic carbocycles. The fourth-order valence-corrected chi connectivity index (χ4v) is 4.09. The zero-order valence-corrected chi connectivity index (χ0v) is 21.2. The van der Waals surface area contributed by atoms with E-state index in [0.29, 0.717) is 22.2 Å². The van der Waals surface area contributed by atoms with Crippen LogP contribution in [0.5, 0.6) is 0 Å². The quantitative estimate of drug-likeness (QED) is 0.269. The van der Waals surface area contributed by atoms with Crippen LogP contribution in [0.3, 0.4) is 0 Å². The number of rotatable bonds is 9. The number of amides is 1. The molecule has 0 saturated heterocycles. The Morgan fingerprint density at radius 2 is 1.56 bits per heavy atom. The molecule has 0 atom stereocenters. The van der Waals surface area contributed by atoms with E-state index in [1.54, 1.807) is 24.3 Å². The van der Waals surface area contributed by atoms with Crippen molar-refractivity contribution in [3.63, 3.8) is 0 Å². The first-order valence-electron chi connectivity index (χ1n) is 11.6. The van der Waals surface area contributed by atoms with Crippen molar-refractivity contribution in [3.8, 4) is 22.5 Å². The number of nitrogens with one attached hydrogen (secondary N) is 1. The van der Waals surface area contributed by atoms with E-state index in [9.17, 15) is 9.59 Å². The van der Waals surface area contributed by atoms with E-state index in [4.69, 9.17) is 33.4 Å². The summed E-state index contributed by atoms with van der Waals surface area (Å²) in [6.07, 6.45) is 0.844. The Labute approximate surface area is 219 Å². The number of aliphatic carboxylic acids is 1. The molecule has 6 nitrogen and oxygen atoms in total. The minimum absolute atomic E-state index is 0.0842. The van der Waals surface area contributed by atoms with E-state index >= 15 is 0 Å². The highest BCUT2D eigenvalue weighted by Crippen LogP contribution is 2.31. The van der Waals surface area contributed by atoms with Gasteiger partial charge in [-0.1, -0.05) is 72.6 Å². The fraction of sp³-hybridized carbons (Fsp3) is 0.179. The molecule has 184 valence electrons. The zero-order valence-electron chi connectivity index (χ0n) is 19.7. The van der Waals surface area contributed by atoms with Gasteiger partial charge in [-0.25, -0.2) is 0 Å². The topological polar surface area (TPSA) is 84.2 Å². The Balaban J connectivity index is 1.61. The summed E-state index contributed by atoms with van der Waals surface area (Å²) in [5.74, 6) is -1.26. The molecule has 0 radical (unpaired) electrons. The number of carbonyl (C=O) groups excluding carboxylic acids is 1. The highest BCUT2D eigenvalue weighted by Gasteiger charge is 2.14. The SMILES string of the molecule is CCc1ccc(-c2cc(-c3ccc(Cl)c(Cl)c3)nn2Cc2ccc(C(=O)NCCC(=O)O)cc2)cc1. The van der Waals surface area contributed by atoms with Crippen molar-refractivity contribution in [2.45, 2.75) is 26.3 Å². The molecule has 0 aliphatic rings. The number of aromatic nitrogens is 2. The van der Waals surface area contributed by atoms with E-state index in [2.05, 4.69) is 36.5 Å². The van der Waals surface area contributed by atoms with Crippen LogP contribution in [0.25, 0.3) is 22.5 Å². The predicted octanol–water partition coefficient (Wildman–Crippen LogP) is 6.34. The van der Waals surface area contributed by atoms with Crippen LogP contribution in [0, 0.1) is 0 Å². The standard InChI is InChI=1S/C28H25Cl2N3O3/c1-2-18-3-7-20(8-4-18)26-16-25(22-11-12-23(29)24(30)15-22)32-33(26)17-19-5-9-21(10-6-19)28(36)31-14-13-27(34)35/h3-12,15-16H,2,13-14,17H2,1H3,(H,31,36)(H,34,35). The maximum atomic E-state index is 12.3. The van der Waals surface area contributed by atoms with Gasteiger partial charge in [0.1, 0.15) is 0 Å². The number of carboxylic acid groups (broad SMARTS) is 1. The molecular formula is C28H25Cl2N3O3. The number of aryl methyl sites for hydroxylation is 1. The summed E-state index contributed by atoms with van der Waals surface area (Å²) in [7, 11) is 0. The van der Waals surface area contributed by atoms with Crippen LogP contribution >= 0.6 is 23.2 Å². The van der Waals surface area contributed by atoms with E-state index in [0.717, 1.165) is 34.5 Å². The van der Waals surface area contributed by atoms with E-state index in [1.165, 1.54) is 5.56 Å². The third kappa shape index (κ3) is 6.14. The Morgan fingerprint density at radius 3 is 2.19 bits per heavy atom. The molecule has 0 aliphatic carbocycles. The van der Waals surface area contributed by atoms with Crippen LogP contribution in [0.4, 0.5) is 0 Å². The van der Waals surface area contributed by atoms with Crippen molar-refractivity contribution >= 4 is 35.1 Å².